The molecule has 0 N–H and O–H groups in total. The van der Waals surface area contributed by atoms with E-state index < -0.39 is 0 Å². The van der Waals surface area contributed by atoms with Crippen molar-refractivity contribution in [2.24, 2.45) is 0 Å². The molecule has 2 heterocycles. The van der Waals surface area contributed by atoms with E-state index in [9.17, 15) is 0 Å². The summed E-state index contributed by atoms with van der Waals surface area (Å²) in [6.45, 7) is 5.16. The Bertz CT molecular complexity index is 1170. The molecule has 0 atom stereocenters. The van der Waals surface area contributed by atoms with Gasteiger partial charge in [-0.1, -0.05) is 72.3 Å². The minimum absolute atomic E-state index is 0.672. The molecule has 0 unspecified atom stereocenters. The molecule has 0 bridgehead atoms. The van der Waals surface area contributed by atoms with Gasteiger partial charge < -0.3 is 9.64 Å². The van der Waals surface area contributed by atoms with Crippen LogP contribution in [0.1, 0.15) is 37.7 Å². The van der Waals surface area contributed by atoms with Gasteiger partial charge in [-0.2, -0.15) is 0 Å². The number of hydrogen-bond acceptors (Lipinski definition) is 4. The van der Waals surface area contributed by atoms with Gasteiger partial charge in [0.05, 0.1) is 18.8 Å². The van der Waals surface area contributed by atoms with Gasteiger partial charge in [-0.25, -0.2) is 4.68 Å². The highest BCUT2D eigenvalue weighted by atomic mass is 16.5. The van der Waals surface area contributed by atoms with E-state index in [1.165, 1.54) is 50.9 Å². The van der Waals surface area contributed by atoms with Gasteiger partial charge in [0.15, 0.2) is 0 Å². The largest absolute Gasteiger partial charge is 0.494 e. The Morgan fingerprint density at radius 2 is 1.43 bits per heavy atom. The third-order valence-corrected chi connectivity index (χ3v) is 6.67. The lowest BCUT2D eigenvalue weighted by atomic mass is 10.0. The van der Waals surface area contributed by atoms with Gasteiger partial charge in [0.25, 0.3) is 0 Å². The van der Waals surface area contributed by atoms with Crippen LogP contribution in [0.15, 0.2) is 84.9 Å². The third kappa shape index (κ3) is 6.17. The number of unbranched alkanes of at least 4 members (excludes halogenated alkanes) is 1. The molecule has 1 aliphatic rings. The number of likely N-dealkylation sites (tertiary alicyclic amines) is 1. The number of hydrogen-bond donors (Lipinski definition) is 0. The van der Waals surface area contributed by atoms with Gasteiger partial charge in [0.1, 0.15) is 11.4 Å². The van der Waals surface area contributed by atoms with E-state index >= 15 is 0 Å². The highest BCUT2D eigenvalue weighted by Gasteiger charge is 2.17. The monoisotopic (exact) mass is 466 g/mol. The maximum absolute atomic E-state index is 6.05. The van der Waals surface area contributed by atoms with Crippen molar-refractivity contribution in [3.63, 3.8) is 0 Å². The summed E-state index contributed by atoms with van der Waals surface area (Å²) < 4.78 is 8.05. The van der Waals surface area contributed by atoms with Gasteiger partial charge >= 0.3 is 0 Å². The van der Waals surface area contributed by atoms with Crippen LogP contribution in [0.2, 0.25) is 0 Å². The van der Waals surface area contributed by atoms with Crippen molar-refractivity contribution >= 4 is 0 Å². The lowest BCUT2D eigenvalue weighted by Gasteiger charge is -2.26. The minimum atomic E-state index is 0.672. The van der Waals surface area contributed by atoms with Crippen molar-refractivity contribution in [1.82, 2.24) is 19.9 Å². The van der Waals surface area contributed by atoms with Gasteiger partial charge in [0, 0.05) is 11.1 Å². The molecular weight excluding hydrogens is 432 g/mol. The van der Waals surface area contributed by atoms with E-state index in [2.05, 4.69) is 75.9 Å². The second kappa shape index (κ2) is 11.8. The van der Waals surface area contributed by atoms with Gasteiger partial charge in [-0.3, -0.25) is 0 Å². The number of ether oxygens (including phenoxy) is 1. The first-order valence-electron chi connectivity index (χ1n) is 12.9. The van der Waals surface area contributed by atoms with Crippen molar-refractivity contribution in [2.75, 3.05) is 26.2 Å². The molecule has 1 aliphatic heterocycles. The predicted molar refractivity (Wildman–Crippen MR) is 141 cm³/mol. The maximum Gasteiger partial charge on any atom is 0.121 e. The van der Waals surface area contributed by atoms with Crippen molar-refractivity contribution in [1.29, 1.82) is 0 Å². The number of nitrogens with zero attached hydrogens (tertiary/aromatic N) is 4. The topological polar surface area (TPSA) is 43.2 Å². The molecule has 0 amide bonds. The summed E-state index contributed by atoms with van der Waals surface area (Å²) in [5.41, 5.74) is 5.27. The fourth-order valence-corrected chi connectivity index (χ4v) is 4.78. The Morgan fingerprint density at radius 1 is 0.714 bits per heavy atom. The first-order chi connectivity index (χ1) is 17.4. The van der Waals surface area contributed by atoms with Crippen LogP contribution in [0.5, 0.6) is 5.75 Å². The summed E-state index contributed by atoms with van der Waals surface area (Å²) in [6, 6.07) is 29.0. The minimum Gasteiger partial charge on any atom is -0.494 e. The molecule has 1 aromatic heterocycles. The van der Waals surface area contributed by atoms with E-state index in [-0.39, 0.29) is 0 Å². The van der Waals surface area contributed by atoms with Crippen LogP contribution in [-0.4, -0.2) is 46.1 Å². The number of aromatic nitrogens is 3. The van der Waals surface area contributed by atoms with Crippen LogP contribution >= 0.6 is 0 Å². The smallest absolute Gasteiger partial charge is 0.121 e. The Balaban J connectivity index is 1.27. The van der Waals surface area contributed by atoms with Crippen LogP contribution in [0.3, 0.4) is 0 Å². The summed E-state index contributed by atoms with van der Waals surface area (Å²) in [5, 5.41) is 9.09. The zero-order chi connectivity index (χ0) is 23.7. The summed E-state index contributed by atoms with van der Waals surface area (Å²) >= 11 is 0. The SMILES string of the molecule is c1ccc(Cn2nnc(-c3ccccc3)c2-c2ccc(OCCCCN3CCCCC3)cc2)cc1. The maximum atomic E-state index is 6.05. The van der Waals surface area contributed by atoms with Crippen LogP contribution in [0.4, 0.5) is 0 Å². The quantitative estimate of drug-likeness (QED) is 0.257. The fourth-order valence-electron chi connectivity index (χ4n) is 4.78. The van der Waals surface area contributed by atoms with Gasteiger partial charge in [-0.15, -0.1) is 5.10 Å². The van der Waals surface area contributed by atoms with Crippen molar-refractivity contribution in [2.45, 2.75) is 38.6 Å². The molecule has 180 valence electrons. The van der Waals surface area contributed by atoms with Gasteiger partial charge in [0.2, 0.25) is 0 Å². The zero-order valence-electron chi connectivity index (χ0n) is 20.4. The Kier molecular flexibility index (Phi) is 7.86. The van der Waals surface area contributed by atoms with Crippen LogP contribution in [0.25, 0.3) is 22.5 Å². The summed E-state index contributed by atoms with van der Waals surface area (Å²) in [4.78, 5) is 2.59. The Morgan fingerprint density at radius 3 is 2.17 bits per heavy atom. The molecule has 0 spiro atoms. The molecule has 1 fully saturated rings. The van der Waals surface area contributed by atoms with E-state index in [4.69, 9.17) is 4.74 Å². The summed E-state index contributed by atoms with van der Waals surface area (Å²) in [7, 11) is 0. The highest BCUT2D eigenvalue weighted by molar-refractivity contribution is 5.78. The molecule has 3 aromatic carbocycles. The number of benzene rings is 3. The van der Waals surface area contributed by atoms with Gasteiger partial charge in [-0.05, 0) is 75.1 Å². The third-order valence-electron chi connectivity index (χ3n) is 6.67. The van der Waals surface area contributed by atoms with Crippen molar-refractivity contribution < 1.29 is 4.74 Å². The van der Waals surface area contributed by atoms with Crippen LogP contribution < -0.4 is 4.74 Å². The van der Waals surface area contributed by atoms with E-state index in [0.717, 1.165) is 41.3 Å². The van der Waals surface area contributed by atoms with E-state index in [1.807, 2.05) is 28.9 Å². The lowest BCUT2D eigenvalue weighted by Crippen LogP contribution is -2.30. The second-order valence-electron chi connectivity index (χ2n) is 9.28. The first kappa shape index (κ1) is 23.3. The Labute approximate surface area is 208 Å². The average Bonchev–Trinajstić information content (AvgIpc) is 3.34. The first-order valence-corrected chi connectivity index (χ1v) is 12.9. The van der Waals surface area contributed by atoms with Crippen molar-refractivity contribution in [3.8, 4) is 28.3 Å². The normalized spacial score (nSPS) is 14.2. The molecule has 5 rings (SSSR count). The molecule has 0 radical (unpaired) electrons. The Hall–Kier alpha value is -3.44. The number of rotatable bonds is 10. The van der Waals surface area contributed by atoms with Crippen molar-refractivity contribution in [3.05, 3.63) is 90.5 Å². The number of piperidine rings is 1. The summed E-state index contributed by atoms with van der Waals surface area (Å²) in [6.07, 6.45) is 6.39. The highest BCUT2D eigenvalue weighted by Crippen LogP contribution is 2.31. The van der Waals surface area contributed by atoms with Crippen LogP contribution in [-0.2, 0) is 6.54 Å². The zero-order valence-corrected chi connectivity index (χ0v) is 20.4. The van der Waals surface area contributed by atoms with Crippen LogP contribution in [0, 0.1) is 0 Å². The average molecular weight is 467 g/mol. The predicted octanol–water partition coefficient (Wildman–Crippen LogP) is 6.31. The second-order valence-corrected chi connectivity index (χ2v) is 9.28. The molecular formula is C30H34N4O. The molecule has 5 heteroatoms. The lowest BCUT2D eigenvalue weighted by molar-refractivity contribution is 0.216. The fraction of sp³-hybridized carbons (Fsp3) is 0.333. The van der Waals surface area contributed by atoms with E-state index in [1.54, 1.807) is 0 Å². The molecule has 4 aromatic rings. The molecule has 0 saturated carbocycles. The molecule has 1 saturated heterocycles. The van der Waals surface area contributed by atoms with E-state index in [0.29, 0.717) is 6.54 Å². The summed E-state index contributed by atoms with van der Waals surface area (Å²) in [5.74, 6) is 0.912. The standard InChI is InChI=1S/C30H34N4O/c1-4-12-25(13-5-1)24-34-30(29(31-32-34)26-14-6-2-7-15-26)27-16-18-28(19-17-27)35-23-11-10-22-33-20-8-3-9-21-33/h1-2,4-7,12-19H,3,8-11,20-24H2. The molecule has 0 aliphatic carbocycles. The molecule has 35 heavy (non-hydrogen) atoms. The molecule has 5 nitrogen and oxygen atoms in total.